The molecule has 1 aliphatic rings. The first-order valence-electron chi connectivity index (χ1n) is 8.81. The second kappa shape index (κ2) is 7.37. The highest BCUT2D eigenvalue weighted by Gasteiger charge is 2.36. The number of nitrogens with zero attached hydrogens (tertiary/aromatic N) is 5. The first-order chi connectivity index (χ1) is 12.4. The number of rotatable bonds is 4. The average molecular weight is 355 g/mol. The van der Waals surface area contributed by atoms with Gasteiger partial charge in [-0.25, -0.2) is 9.97 Å². The van der Waals surface area contributed by atoms with E-state index in [0.29, 0.717) is 24.5 Å². The van der Waals surface area contributed by atoms with Gasteiger partial charge in [-0.05, 0) is 31.9 Å². The first kappa shape index (κ1) is 18.3. The summed E-state index contributed by atoms with van der Waals surface area (Å²) >= 11 is 0. The third kappa shape index (κ3) is 4.16. The van der Waals surface area contributed by atoms with Gasteiger partial charge in [-0.2, -0.15) is 0 Å². The summed E-state index contributed by atoms with van der Waals surface area (Å²) in [5.41, 5.74) is 0.519. The highest BCUT2D eigenvalue weighted by atomic mass is 16.3. The number of carbonyl (C=O) groups excluding carboxylic acids is 1. The Hall–Kier alpha value is -2.54. The third-order valence-electron chi connectivity index (χ3n) is 4.59. The molecule has 0 radical (unpaired) electrons. The van der Waals surface area contributed by atoms with Gasteiger partial charge in [0.05, 0.1) is 12.0 Å². The normalized spacial score (nSPS) is 20.1. The Bertz CT molecular complexity index is 781. The third-order valence-corrected chi connectivity index (χ3v) is 4.59. The van der Waals surface area contributed by atoms with Gasteiger partial charge in [0.25, 0.3) is 0 Å². The minimum atomic E-state index is -1.04. The van der Waals surface area contributed by atoms with Crippen LogP contribution < -0.4 is 4.90 Å². The Morgan fingerprint density at radius 3 is 2.85 bits per heavy atom. The van der Waals surface area contributed by atoms with Gasteiger partial charge in [-0.3, -0.25) is 9.78 Å². The van der Waals surface area contributed by atoms with Gasteiger partial charge < -0.3 is 14.9 Å². The fraction of sp³-hybridized carbons (Fsp3) is 0.474. The van der Waals surface area contributed by atoms with E-state index in [1.165, 1.54) is 4.90 Å². The lowest BCUT2D eigenvalue weighted by Crippen LogP contribution is -2.50. The zero-order valence-electron chi connectivity index (χ0n) is 15.5. The van der Waals surface area contributed by atoms with Crippen LogP contribution in [0.25, 0.3) is 11.5 Å². The van der Waals surface area contributed by atoms with Crippen molar-refractivity contribution in [1.82, 2.24) is 19.9 Å². The van der Waals surface area contributed by atoms with E-state index in [4.69, 9.17) is 0 Å². The summed E-state index contributed by atoms with van der Waals surface area (Å²) < 4.78 is 0. The summed E-state index contributed by atoms with van der Waals surface area (Å²) in [6.45, 7) is 3.09. The number of pyridine rings is 1. The molecule has 1 aliphatic heterocycles. The molecule has 0 aromatic carbocycles. The molecule has 1 unspecified atom stereocenters. The number of hydrogen-bond donors (Lipinski definition) is 1. The highest BCUT2D eigenvalue weighted by Crippen LogP contribution is 2.29. The molecular formula is C19H25N5O2. The number of anilines is 1. The van der Waals surface area contributed by atoms with Gasteiger partial charge in [0.15, 0.2) is 5.82 Å². The van der Waals surface area contributed by atoms with Crippen LogP contribution in [0, 0.1) is 6.92 Å². The van der Waals surface area contributed by atoms with Crippen molar-refractivity contribution < 1.29 is 9.90 Å². The van der Waals surface area contributed by atoms with Crippen LogP contribution in [0.15, 0.2) is 30.5 Å². The summed E-state index contributed by atoms with van der Waals surface area (Å²) in [4.78, 5) is 29.1. The maximum atomic E-state index is 12.1. The average Bonchev–Trinajstić information content (AvgIpc) is 2.61. The summed E-state index contributed by atoms with van der Waals surface area (Å²) in [7, 11) is 3.42. The fourth-order valence-corrected chi connectivity index (χ4v) is 3.22. The Morgan fingerprint density at radius 2 is 2.15 bits per heavy atom. The summed E-state index contributed by atoms with van der Waals surface area (Å²) in [6.07, 6.45) is 3.25. The number of hydrogen-bond acceptors (Lipinski definition) is 6. The van der Waals surface area contributed by atoms with Crippen LogP contribution in [0.3, 0.4) is 0 Å². The van der Waals surface area contributed by atoms with Crippen molar-refractivity contribution in [3.8, 4) is 11.5 Å². The Labute approximate surface area is 153 Å². The van der Waals surface area contributed by atoms with Crippen molar-refractivity contribution in [2.24, 2.45) is 0 Å². The molecule has 0 aliphatic carbocycles. The Morgan fingerprint density at radius 1 is 1.35 bits per heavy atom. The molecule has 7 nitrogen and oxygen atoms in total. The number of amides is 1. The molecule has 1 atom stereocenters. The molecule has 26 heavy (non-hydrogen) atoms. The second-order valence-corrected chi connectivity index (χ2v) is 7.12. The van der Waals surface area contributed by atoms with Crippen LogP contribution in [-0.4, -0.2) is 63.7 Å². The Kier molecular flexibility index (Phi) is 5.18. The zero-order valence-corrected chi connectivity index (χ0v) is 15.5. The van der Waals surface area contributed by atoms with Crippen molar-refractivity contribution in [2.75, 3.05) is 32.1 Å². The molecule has 7 heteroatoms. The molecule has 1 saturated heterocycles. The molecule has 1 amide bonds. The van der Waals surface area contributed by atoms with E-state index in [1.807, 2.05) is 36.1 Å². The van der Waals surface area contributed by atoms with E-state index >= 15 is 0 Å². The molecule has 1 N–H and O–H groups in total. The molecule has 0 spiro atoms. The van der Waals surface area contributed by atoms with E-state index in [-0.39, 0.29) is 12.3 Å². The maximum absolute atomic E-state index is 12.1. The number of carbonyl (C=O) groups is 1. The highest BCUT2D eigenvalue weighted by molar-refractivity contribution is 5.76. The van der Waals surface area contributed by atoms with E-state index < -0.39 is 5.60 Å². The van der Waals surface area contributed by atoms with Crippen LogP contribution in [0.5, 0.6) is 0 Å². The molecule has 1 fully saturated rings. The minimum absolute atomic E-state index is 0.0672. The van der Waals surface area contributed by atoms with E-state index in [1.54, 1.807) is 20.3 Å². The predicted molar refractivity (Wildman–Crippen MR) is 99.7 cm³/mol. The quantitative estimate of drug-likeness (QED) is 0.898. The van der Waals surface area contributed by atoms with Crippen molar-refractivity contribution >= 4 is 11.7 Å². The topological polar surface area (TPSA) is 82.5 Å². The molecule has 3 heterocycles. The standard InChI is InChI=1S/C19H25N5O2/c1-14-11-16(22-18(21-14)15-7-4-5-9-20-15)24-10-6-8-19(26,13-24)12-17(25)23(2)3/h4-5,7,9,11,26H,6,8,10,12-13H2,1-3H3. The fourth-order valence-electron chi connectivity index (χ4n) is 3.22. The molecule has 0 bridgehead atoms. The van der Waals surface area contributed by atoms with Gasteiger partial charge in [0, 0.05) is 45.1 Å². The Balaban J connectivity index is 1.84. The van der Waals surface area contributed by atoms with Crippen LogP contribution >= 0.6 is 0 Å². The van der Waals surface area contributed by atoms with Crippen LogP contribution in [0.4, 0.5) is 5.82 Å². The first-order valence-corrected chi connectivity index (χ1v) is 8.81. The SMILES string of the molecule is Cc1cc(N2CCCC(O)(CC(=O)N(C)C)C2)nc(-c2ccccn2)n1. The molecule has 2 aromatic heterocycles. The van der Waals surface area contributed by atoms with E-state index in [2.05, 4.69) is 15.0 Å². The number of aryl methyl sites for hydroxylation is 1. The molecule has 2 aromatic rings. The number of piperidine rings is 1. The lowest BCUT2D eigenvalue weighted by molar-refractivity contribution is -0.134. The second-order valence-electron chi connectivity index (χ2n) is 7.12. The van der Waals surface area contributed by atoms with Gasteiger partial charge in [-0.15, -0.1) is 0 Å². The summed E-state index contributed by atoms with van der Waals surface area (Å²) in [6, 6.07) is 7.54. The van der Waals surface area contributed by atoms with Crippen molar-refractivity contribution in [2.45, 2.75) is 31.8 Å². The number of aromatic nitrogens is 3. The van der Waals surface area contributed by atoms with Gasteiger partial charge in [0.2, 0.25) is 5.91 Å². The van der Waals surface area contributed by atoms with Gasteiger partial charge in [0.1, 0.15) is 11.5 Å². The van der Waals surface area contributed by atoms with Crippen molar-refractivity contribution in [3.63, 3.8) is 0 Å². The van der Waals surface area contributed by atoms with E-state index in [9.17, 15) is 9.90 Å². The molecule has 0 saturated carbocycles. The van der Waals surface area contributed by atoms with E-state index in [0.717, 1.165) is 24.5 Å². The van der Waals surface area contributed by atoms with Crippen LogP contribution in [0.1, 0.15) is 25.0 Å². The number of β-amino-alcohol motifs (C(OH)–C–C–N with tert-alkyl or cyclic N) is 1. The molecule has 138 valence electrons. The van der Waals surface area contributed by atoms with Crippen molar-refractivity contribution in [3.05, 3.63) is 36.2 Å². The molecule has 3 rings (SSSR count). The van der Waals surface area contributed by atoms with Crippen LogP contribution in [0.2, 0.25) is 0 Å². The van der Waals surface area contributed by atoms with Gasteiger partial charge >= 0.3 is 0 Å². The maximum Gasteiger partial charge on any atom is 0.225 e. The zero-order chi connectivity index (χ0) is 18.7. The van der Waals surface area contributed by atoms with Crippen molar-refractivity contribution in [1.29, 1.82) is 0 Å². The van der Waals surface area contributed by atoms with Crippen LogP contribution in [-0.2, 0) is 4.79 Å². The summed E-state index contributed by atoms with van der Waals surface area (Å²) in [5.74, 6) is 1.26. The lowest BCUT2D eigenvalue weighted by atomic mass is 9.89. The van der Waals surface area contributed by atoms with Gasteiger partial charge in [-0.1, -0.05) is 6.07 Å². The lowest BCUT2D eigenvalue weighted by Gasteiger charge is -2.40. The predicted octanol–water partition coefficient (Wildman–Crippen LogP) is 1.66. The largest absolute Gasteiger partial charge is 0.388 e. The molecular weight excluding hydrogens is 330 g/mol. The smallest absolute Gasteiger partial charge is 0.225 e. The minimum Gasteiger partial charge on any atom is -0.388 e. The summed E-state index contributed by atoms with van der Waals surface area (Å²) in [5, 5.41) is 10.9. The number of aliphatic hydroxyl groups is 1. The monoisotopic (exact) mass is 355 g/mol.